The maximum absolute atomic E-state index is 12.7. The summed E-state index contributed by atoms with van der Waals surface area (Å²) in [4.78, 5) is 39.0. The predicted octanol–water partition coefficient (Wildman–Crippen LogP) is 3.06. The fourth-order valence-electron chi connectivity index (χ4n) is 2.79. The van der Waals surface area contributed by atoms with E-state index in [0.29, 0.717) is 13.3 Å². The zero-order chi connectivity index (χ0) is 20.7. The fraction of sp³-hybridized carbons (Fsp3) is 0.235. The fourth-order valence-corrected chi connectivity index (χ4v) is 5.15. The van der Waals surface area contributed by atoms with E-state index in [0.717, 1.165) is 30.3 Å². The lowest BCUT2D eigenvalue weighted by Crippen LogP contribution is -2.36. The van der Waals surface area contributed by atoms with E-state index in [2.05, 4.69) is 10.1 Å². The molecule has 2 aromatic heterocycles. The Bertz CT molecular complexity index is 1270. The van der Waals surface area contributed by atoms with Gasteiger partial charge in [-0.1, -0.05) is 34.7 Å². The average molecular weight is 468 g/mol. The Morgan fingerprint density at radius 2 is 2.03 bits per heavy atom. The van der Waals surface area contributed by atoms with Crippen LogP contribution in [0.3, 0.4) is 0 Å². The van der Waals surface area contributed by atoms with E-state index in [1.54, 1.807) is 28.9 Å². The van der Waals surface area contributed by atoms with Gasteiger partial charge in [0, 0.05) is 11.1 Å². The number of halogens is 1. The zero-order valence-electron chi connectivity index (χ0n) is 14.8. The summed E-state index contributed by atoms with van der Waals surface area (Å²) in [5.74, 6) is -0.604. The predicted molar refractivity (Wildman–Crippen MR) is 116 cm³/mol. The number of hydrogen-bond donors (Lipinski definition) is 2. The number of carbonyl (C=O) groups is 1. The molecule has 1 aliphatic carbocycles. The van der Waals surface area contributed by atoms with Crippen molar-refractivity contribution in [3.05, 3.63) is 59.6 Å². The van der Waals surface area contributed by atoms with Crippen LogP contribution in [-0.4, -0.2) is 30.9 Å². The van der Waals surface area contributed by atoms with Crippen molar-refractivity contribution in [2.75, 3.05) is 11.5 Å². The Labute approximate surface area is 182 Å². The van der Waals surface area contributed by atoms with Crippen molar-refractivity contribution >= 4 is 58.5 Å². The van der Waals surface area contributed by atoms with Crippen molar-refractivity contribution in [3.63, 3.8) is 0 Å². The molecular formula is C17H14ClN5O3S3. The van der Waals surface area contributed by atoms with Gasteiger partial charge in [0.15, 0.2) is 14.1 Å². The molecule has 4 rings (SSSR count). The number of rotatable bonds is 6. The molecule has 29 heavy (non-hydrogen) atoms. The molecule has 2 heterocycles. The molecule has 1 aromatic carbocycles. The van der Waals surface area contributed by atoms with Gasteiger partial charge in [-0.25, -0.2) is 9.48 Å². The summed E-state index contributed by atoms with van der Waals surface area (Å²) in [5.41, 5.74) is 5.19. The molecule has 1 aliphatic rings. The molecular weight excluding hydrogens is 454 g/mol. The number of hydrogen-bond acceptors (Lipinski definition) is 8. The van der Waals surface area contributed by atoms with E-state index in [9.17, 15) is 14.4 Å². The molecule has 0 bridgehead atoms. The van der Waals surface area contributed by atoms with Crippen molar-refractivity contribution in [1.29, 1.82) is 0 Å². The first-order valence-electron chi connectivity index (χ1n) is 8.51. The zero-order valence-corrected chi connectivity index (χ0v) is 18.0. The lowest BCUT2D eigenvalue weighted by Gasteiger charge is -2.10. The van der Waals surface area contributed by atoms with Crippen LogP contribution in [0.25, 0.3) is 5.69 Å². The third-order valence-electron chi connectivity index (χ3n) is 4.30. The molecule has 0 radical (unpaired) electrons. The molecule has 1 saturated carbocycles. The molecule has 0 saturated heterocycles. The number of aromatic nitrogens is 4. The molecule has 0 aliphatic heterocycles. The van der Waals surface area contributed by atoms with Crippen LogP contribution in [0.1, 0.15) is 29.2 Å². The van der Waals surface area contributed by atoms with E-state index in [4.69, 9.17) is 29.6 Å². The van der Waals surface area contributed by atoms with Crippen molar-refractivity contribution in [2.24, 2.45) is 0 Å². The van der Waals surface area contributed by atoms with Crippen molar-refractivity contribution < 1.29 is 4.79 Å². The third-order valence-corrected chi connectivity index (χ3v) is 6.92. The maximum Gasteiger partial charge on any atom is 0.330 e. The highest BCUT2D eigenvalue weighted by atomic mass is 35.5. The molecule has 12 heteroatoms. The number of benzene rings is 1. The van der Waals surface area contributed by atoms with Gasteiger partial charge in [-0.05, 0) is 49.3 Å². The van der Waals surface area contributed by atoms with Crippen LogP contribution in [0.15, 0.2) is 38.2 Å². The molecule has 1 fully saturated rings. The summed E-state index contributed by atoms with van der Waals surface area (Å²) in [5, 5.41) is 5.02. The van der Waals surface area contributed by atoms with E-state index in [-0.39, 0.29) is 23.2 Å². The van der Waals surface area contributed by atoms with Crippen LogP contribution in [0.4, 0.5) is 5.82 Å². The first-order chi connectivity index (χ1) is 13.8. The smallest absolute Gasteiger partial charge is 0.330 e. The Kier molecular flexibility index (Phi) is 5.47. The number of thioether (sulfide) groups is 1. The number of nitrogens with two attached hydrogens (primary N) is 1. The normalized spacial score (nSPS) is 13.6. The number of ketones is 1. The second kappa shape index (κ2) is 7.90. The van der Waals surface area contributed by atoms with Gasteiger partial charge in [-0.15, -0.1) is 5.10 Å². The maximum atomic E-state index is 12.7. The van der Waals surface area contributed by atoms with E-state index in [1.807, 2.05) is 0 Å². The number of carbonyl (C=O) groups excluding carboxylic acids is 1. The number of aromatic amines is 1. The van der Waals surface area contributed by atoms with Gasteiger partial charge in [0.05, 0.1) is 11.4 Å². The Balaban J connectivity index is 1.55. The van der Waals surface area contributed by atoms with Crippen LogP contribution in [0, 0.1) is 3.95 Å². The minimum Gasteiger partial charge on any atom is -0.384 e. The molecule has 3 N–H and O–H groups in total. The van der Waals surface area contributed by atoms with Crippen LogP contribution in [0.5, 0.6) is 0 Å². The standard InChI is InChI=1S/C17H14ClN5O3S3/c18-8-1-3-10(4-2-8)23-17(27)29-16(21-23)28-7-11(24)12-13(19)22(9-5-6-9)15(26)20-14(12)25/h1-4,9H,5-7,19H2,(H,20,25,26). The van der Waals surface area contributed by atoms with Crippen LogP contribution < -0.4 is 17.0 Å². The van der Waals surface area contributed by atoms with Crippen LogP contribution in [0.2, 0.25) is 5.02 Å². The van der Waals surface area contributed by atoms with Crippen molar-refractivity contribution in [1.82, 2.24) is 19.3 Å². The van der Waals surface area contributed by atoms with E-state index < -0.39 is 17.0 Å². The largest absolute Gasteiger partial charge is 0.384 e. The van der Waals surface area contributed by atoms with Gasteiger partial charge in [0.2, 0.25) is 0 Å². The van der Waals surface area contributed by atoms with Crippen molar-refractivity contribution in [2.45, 2.75) is 23.2 Å². The summed E-state index contributed by atoms with van der Waals surface area (Å²) < 4.78 is 3.96. The highest BCUT2D eigenvalue weighted by Crippen LogP contribution is 2.35. The number of Topliss-reactive ketones (excluding diaryl/α,β-unsaturated/α-hetero) is 1. The van der Waals surface area contributed by atoms with E-state index >= 15 is 0 Å². The highest BCUT2D eigenvalue weighted by Gasteiger charge is 2.30. The lowest BCUT2D eigenvalue weighted by molar-refractivity contribution is 0.102. The number of nitrogens with zero attached hydrogens (tertiary/aromatic N) is 3. The first kappa shape index (κ1) is 20.1. The second-order valence-corrected chi connectivity index (χ2v) is 9.64. The Morgan fingerprint density at radius 1 is 1.34 bits per heavy atom. The van der Waals surface area contributed by atoms with E-state index in [1.165, 1.54) is 15.9 Å². The minimum atomic E-state index is -0.769. The molecule has 0 spiro atoms. The Hall–Kier alpha value is -2.21. The molecule has 0 atom stereocenters. The van der Waals surface area contributed by atoms with Crippen molar-refractivity contribution in [3.8, 4) is 5.69 Å². The summed E-state index contributed by atoms with van der Waals surface area (Å²) in [7, 11) is 0. The minimum absolute atomic E-state index is 0.0565. The number of anilines is 1. The topological polar surface area (TPSA) is 116 Å². The molecule has 0 unspecified atom stereocenters. The quantitative estimate of drug-likeness (QED) is 0.325. The van der Waals surface area contributed by atoms with Crippen LogP contribution >= 0.6 is 46.9 Å². The van der Waals surface area contributed by atoms with Gasteiger partial charge < -0.3 is 5.73 Å². The van der Waals surface area contributed by atoms with Gasteiger partial charge in [0.1, 0.15) is 11.4 Å². The SMILES string of the molecule is Nc1c(C(=O)CSc2nn(-c3ccc(Cl)cc3)c(=S)s2)c(=O)[nH]c(=O)n1C1CC1. The van der Waals surface area contributed by atoms with Gasteiger partial charge in [-0.2, -0.15) is 0 Å². The summed E-state index contributed by atoms with van der Waals surface area (Å²) >= 11 is 13.7. The molecule has 8 nitrogen and oxygen atoms in total. The average Bonchev–Trinajstić information content (AvgIpc) is 3.42. The lowest BCUT2D eigenvalue weighted by atomic mass is 10.2. The summed E-state index contributed by atoms with van der Waals surface area (Å²) in [6.07, 6.45) is 1.59. The molecule has 3 aromatic rings. The number of nitrogens with one attached hydrogen (secondary N) is 1. The summed E-state index contributed by atoms with van der Waals surface area (Å²) in [6, 6.07) is 6.99. The third kappa shape index (κ3) is 4.08. The summed E-state index contributed by atoms with van der Waals surface area (Å²) in [6.45, 7) is 0. The van der Waals surface area contributed by atoms with Gasteiger partial charge in [-0.3, -0.25) is 19.1 Å². The monoisotopic (exact) mass is 467 g/mol. The highest BCUT2D eigenvalue weighted by molar-refractivity contribution is 8.01. The Morgan fingerprint density at radius 3 is 2.69 bits per heavy atom. The molecule has 0 amide bonds. The second-order valence-electron chi connectivity index (χ2n) is 6.35. The van der Waals surface area contributed by atoms with Gasteiger partial charge >= 0.3 is 5.69 Å². The number of nitrogen functional groups attached to an aromatic ring is 1. The first-order valence-corrected chi connectivity index (χ1v) is 11.1. The molecule has 150 valence electrons. The number of H-pyrrole nitrogens is 1. The van der Waals surface area contributed by atoms with Gasteiger partial charge in [0.25, 0.3) is 5.56 Å². The van der Waals surface area contributed by atoms with Crippen LogP contribution in [-0.2, 0) is 0 Å².